The number of hydrogen-bond acceptors (Lipinski definition) is 8. The van der Waals surface area contributed by atoms with Crippen molar-refractivity contribution in [3.63, 3.8) is 0 Å². The lowest BCUT2D eigenvalue weighted by atomic mass is 10.2. The molecule has 1 fully saturated rings. The van der Waals surface area contributed by atoms with Crippen LogP contribution in [0.2, 0.25) is 0 Å². The standard InChI is InChI=1S/C18H18FN5O4S/c1-10-3-6-16-20-21-17(29-16)14-5-4-12(7-15(14)19)23-8-13(27-18(23)26)9-24(11(2)25)28-22-10/h4-5,7,13H,3,6,8-9H2,1-2H3/t13-/m0/s1. The molecule has 1 aromatic heterocycles. The Bertz CT molecular complexity index is 994. The minimum atomic E-state index is -0.634. The van der Waals surface area contributed by atoms with Gasteiger partial charge >= 0.3 is 6.09 Å². The molecule has 1 atom stereocenters. The molecule has 152 valence electrons. The van der Waals surface area contributed by atoms with Crippen molar-refractivity contribution in [1.29, 1.82) is 0 Å². The highest BCUT2D eigenvalue weighted by atomic mass is 32.1. The molecule has 1 saturated heterocycles. The molecule has 2 amide bonds. The quantitative estimate of drug-likeness (QED) is 0.651. The fourth-order valence-corrected chi connectivity index (χ4v) is 3.86. The zero-order valence-corrected chi connectivity index (χ0v) is 16.6. The van der Waals surface area contributed by atoms with Crippen LogP contribution in [0, 0.1) is 5.82 Å². The molecule has 0 radical (unpaired) electrons. The van der Waals surface area contributed by atoms with Crippen molar-refractivity contribution in [1.82, 2.24) is 15.3 Å². The summed E-state index contributed by atoms with van der Waals surface area (Å²) >= 11 is 1.29. The van der Waals surface area contributed by atoms with Crippen LogP contribution >= 0.6 is 11.3 Å². The number of aromatic nitrogens is 2. The number of hydroxylamine groups is 2. The smallest absolute Gasteiger partial charge is 0.414 e. The van der Waals surface area contributed by atoms with Crippen molar-refractivity contribution >= 4 is 34.7 Å². The number of carbonyl (C=O) groups is 2. The first-order valence-corrected chi connectivity index (χ1v) is 9.81. The van der Waals surface area contributed by atoms with Crippen molar-refractivity contribution in [2.75, 3.05) is 18.0 Å². The molecule has 9 nitrogen and oxygen atoms in total. The maximum absolute atomic E-state index is 14.7. The number of benzene rings is 1. The number of fused-ring (bicyclic) bond motifs is 7. The molecular weight excluding hydrogens is 401 g/mol. The third-order valence-electron chi connectivity index (χ3n) is 4.55. The molecule has 1 aromatic carbocycles. The summed E-state index contributed by atoms with van der Waals surface area (Å²) in [6, 6.07) is 4.48. The molecule has 0 unspecified atom stereocenters. The second-order valence-electron chi connectivity index (χ2n) is 6.77. The summed E-state index contributed by atoms with van der Waals surface area (Å²) in [6.07, 6.45) is -0.159. The van der Waals surface area contributed by atoms with Gasteiger partial charge in [0.05, 0.1) is 17.9 Å². The second kappa shape index (κ2) is 7.74. The van der Waals surface area contributed by atoms with E-state index in [0.29, 0.717) is 34.8 Å². The highest BCUT2D eigenvalue weighted by Crippen LogP contribution is 2.31. The fraction of sp³-hybridized carbons (Fsp3) is 0.389. The summed E-state index contributed by atoms with van der Waals surface area (Å²) < 4.78 is 20.0. The first-order valence-electron chi connectivity index (χ1n) is 9.00. The van der Waals surface area contributed by atoms with Crippen LogP contribution < -0.4 is 4.90 Å². The summed E-state index contributed by atoms with van der Waals surface area (Å²) in [6.45, 7) is 3.26. The Hall–Kier alpha value is -3.08. The average molecular weight is 419 g/mol. The topological polar surface area (TPSA) is 97.2 Å². The van der Waals surface area contributed by atoms with E-state index < -0.39 is 18.0 Å². The van der Waals surface area contributed by atoms with Crippen molar-refractivity contribution in [3.05, 3.63) is 29.0 Å². The van der Waals surface area contributed by atoms with Gasteiger partial charge in [-0.05, 0) is 31.5 Å². The number of anilines is 1. The SMILES string of the molecule is CC(=O)N1C[C@@H]2CN(C(=O)O2)c2ccc(c(F)c2)-c2nnc(s2)CCC(C)=NO1. The number of rotatable bonds is 0. The number of halogens is 1. The largest absolute Gasteiger partial charge is 0.442 e. The highest BCUT2D eigenvalue weighted by Gasteiger charge is 2.35. The van der Waals surface area contributed by atoms with Crippen molar-refractivity contribution in [3.8, 4) is 10.6 Å². The van der Waals surface area contributed by atoms with E-state index >= 15 is 0 Å². The molecule has 4 heterocycles. The maximum Gasteiger partial charge on any atom is 0.414 e. The van der Waals surface area contributed by atoms with Crippen LogP contribution in [0.1, 0.15) is 25.3 Å². The van der Waals surface area contributed by atoms with E-state index in [4.69, 9.17) is 9.68 Å². The van der Waals surface area contributed by atoms with Crippen LogP contribution in [0.25, 0.3) is 10.6 Å². The molecule has 0 N–H and O–H groups in total. The summed E-state index contributed by atoms with van der Waals surface area (Å²) in [4.78, 5) is 30.7. The van der Waals surface area contributed by atoms with E-state index in [1.807, 2.05) is 0 Å². The minimum absolute atomic E-state index is 0.00822. The summed E-state index contributed by atoms with van der Waals surface area (Å²) in [5.41, 5.74) is 1.33. The number of hydrogen-bond donors (Lipinski definition) is 0. The third-order valence-corrected chi connectivity index (χ3v) is 5.57. The number of aryl methyl sites for hydroxylation is 1. The van der Waals surface area contributed by atoms with Gasteiger partial charge in [0.25, 0.3) is 5.91 Å². The van der Waals surface area contributed by atoms with Gasteiger partial charge < -0.3 is 4.74 Å². The van der Waals surface area contributed by atoms with Gasteiger partial charge in [0.15, 0.2) is 5.01 Å². The van der Waals surface area contributed by atoms with Crippen LogP contribution in [0.5, 0.6) is 0 Å². The number of nitrogens with zero attached hydrogens (tertiary/aromatic N) is 5. The van der Waals surface area contributed by atoms with Gasteiger partial charge in [-0.15, -0.1) is 15.3 Å². The predicted octanol–water partition coefficient (Wildman–Crippen LogP) is 2.77. The number of carbonyl (C=O) groups excluding carboxylic acids is 2. The Morgan fingerprint density at radius 3 is 2.86 bits per heavy atom. The first-order chi connectivity index (χ1) is 13.9. The van der Waals surface area contributed by atoms with E-state index in [1.54, 1.807) is 19.1 Å². The Morgan fingerprint density at radius 2 is 2.10 bits per heavy atom. The minimum Gasteiger partial charge on any atom is -0.442 e. The monoisotopic (exact) mass is 419 g/mol. The van der Waals surface area contributed by atoms with Crippen LogP contribution in [-0.4, -0.2) is 52.2 Å². The first kappa shape index (κ1) is 19.2. The van der Waals surface area contributed by atoms with Gasteiger partial charge in [-0.25, -0.2) is 9.18 Å². The Labute approximate surface area is 169 Å². The van der Waals surface area contributed by atoms with Gasteiger partial charge in [-0.3, -0.25) is 14.6 Å². The molecule has 0 aliphatic carbocycles. The van der Waals surface area contributed by atoms with Crippen molar-refractivity contribution in [2.24, 2.45) is 5.16 Å². The summed E-state index contributed by atoms with van der Waals surface area (Å²) in [5, 5.41) is 14.4. The van der Waals surface area contributed by atoms with E-state index in [1.165, 1.54) is 29.2 Å². The van der Waals surface area contributed by atoms with E-state index in [2.05, 4.69) is 15.4 Å². The molecule has 0 spiro atoms. The molecule has 3 aliphatic heterocycles. The van der Waals surface area contributed by atoms with Crippen molar-refractivity contribution < 1.29 is 23.7 Å². The second-order valence-corrected chi connectivity index (χ2v) is 7.83. The lowest BCUT2D eigenvalue weighted by molar-refractivity contribution is -0.189. The number of oxime groups is 1. The maximum atomic E-state index is 14.7. The molecule has 6 bridgehead atoms. The van der Waals surface area contributed by atoms with Gasteiger partial charge in [-0.2, -0.15) is 0 Å². The molecule has 2 aromatic rings. The Kier molecular flexibility index (Phi) is 5.14. The Morgan fingerprint density at radius 1 is 1.28 bits per heavy atom. The van der Waals surface area contributed by atoms with Crippen LogP contribution in [-0.2, 0) is 20.9 Å². The zero-order valence-electron chi connectivity index (χ0n) is 15.8. The lowest BCUT2D eigenvalue weighted by Gasteiger charge is -2.20. The molecule has 5 rings (SSSR count). The molecule has 0 saturated carbocycles. The van der Waals surface area contributed by atoms with E-state index in [9.17, 15) is 14.0 Å². The van der Waals surface area contributed by atoms with Gasteiger partial charge in [0.1, 0.15) is 23.5 Å². The highest BCUT2D eigenvalue weighted by molar-refractivity contribution is 7.14. The molecule has 3 aliphatic rings. The number of ether oxygens (including phenoxy) is 1. The fourth-order valence-electron chi connectivity index (χ4n) is 2.99. The third kappa shape index (κ3) is 4.04. The van der Waals surface area contributed by atoms with E-state index in [-0.39, 0.29) is 19.0 Å². The van der Waals surface area contributed by atoms with Gasteiger partial charge in [0, 0.05) is 18.9 Å². The summed E-state index contributed by atoms with van der Waals surface area (Å²) in [5.74, 6) is -0.879. The van der Waals surface area contributed by atoms with Crippen LogP contribution in [0.3, 0.4) is 0 Å². The van der Waals surface area contributed by atoms with Crippen LogP contribution in [0.4, 0.5) is 14.9 Å². The Balaban J connectivity index is 1.71. The molecule has 29 heavy (non-hydrogen) atoms. The van der Waals surface area contributed by atoms with Crippen LogP contribution in [0.15, 0.2) is 23.4 Å². The predicted molar refractivity (Wildman–Crippen MR) is 103 cm³/mol. The molecular formula is C18H18FN5O4S. The number of amides is 2. The van der Waals surface area contributed by atoms with Gasteiger partial charge in [0.2, 0.25) is 0 Å². The summed E-state index contributed by atoms with van der Waals surface area (Å²) in [7, 11) is 0. The van der Waals surface area contributed by atoms with Crippen molar-refractivity contribution in [2.45, 2.75) is 32.8 Å². The van der Waals surface area contributed by atoms with Gasteiger partial charge in [-0.1, -0.05) is 16.5 Å². The normalized spacial score (nSPS) is 19.5. The molecule has 11 heteroatoms. The van der Waals surface area contributed by atoms with E-state index in [0.717, 1.165) is 10.1 Å². The zero-order chi connectivity index (χ0) is 20.5. The lowest BCUT2D eigenvalue weighted by Crippen LogP contribution is -2.37. The average Bonchev–Trinajstić information content (AvgIpc) is 3.29.